The highest BCUT2D eigenvalue weighted by molar-refractivity contribution is 7.07. The van der Waals surface area contributed by atoms with Crippen LogP contribution in [0.1, 0.15) is 42.3 Å². The number of aromatic nitrogens is 2. The van der Waals surface area contributed by atoms with Gasteiger partial charge < -0.3 is 15.0 Å². The van der Waals surface area contributed by atoms with Crippen molar-refractivity contribution in [3.63, 3.8) is 0 Å². The van der Waals surface area contributed by atoms with E-state index in [4.69, 9.17) is 9.72 Å². The molecule has 0 saturated carbocycles. The summed E-state index contributed by atoms with van der Waals surface area (Å²) in [6.45, 7) is 8.31. The van der Waals surface area contributed by atoms with Crippen LogP contribution in [0, 0.1) is 19.7 Å². The fraction of sp³-hybridized carbons (Fsp3) is 0.250. The predicted octanol–water partition coefficient (Wildman–Crippen LogP) is 6.77. The number of benzene rings is 2. The third-order valence-electron chi connectivity index (χ3n) is 6.08. The van der Waals surface area contributed by atoms with Gasteiger partial charge in [-0.15, -0.1) is 0 Å². The molecule has 186 valence electrons. The summed E-state index contributed by atoms with van der Waals surface area (Å²) in [4.78, 5) is 23.0. The summed E-state index contributed by atoms with van der Waals surface area (Å²) >= 11 is 1.71. The molecular weight excluding hydrogens is 475 g/mol. The first-order chi connectivity index (χ1) is 17.3. The molecule has 5 rings (SSSR count). The predicted molar refractivity (Wildman–Crippen MR) is 143 cm³/mol. The molecule has 1 aliphatic heterocycles. The molecule has 0 aliphatic carbocycles. The zero-order valence-corrected chi connectivity index (χ0v) is 21.6. The van der Waals surface area contributed by atoms with Crippen molar-refractivity contribution in [1.29, 1.82) is 0 Å². The number of hydrogen-bond donors (Lipinski definition) is 1. The van der Waals surface area contributed by atoms with Crippen LogP contribution in [0.3, 0.4) is 0 Å². The van der Waals surface area contributed by atoms with Crippen LogP contribution in [-0.2, 0) is 11.2 Å². The zero-order chi connectivity index (χ0) is 25.7. The van der Waals surface area contributed by atoms with Crippen molar-refractivity contribution in [2.75, 3.05) is 16.8 Å². The first-order valence-electron chi connectivity index (χ1n) is 11.7. The van der Waals surface area contributed by atoms with Crippen molar-refractivity contribution in [1.82, 2.24) is 9.97 Å². The Balaban J connectivity index is 0.000000543. The molecular formula is C28H29FN4O2S. The summed E-state index contributed by atoms with van der Waals surface area (Å²) in [6.07, 6.45) is 0.864. The summed E-state index contributed by atoms with van der Waals surface area (Å²) in [7, 11) is 0. The van der Waals surface area contributed by atoms with E-state index in [-0.39, 0.29) is 17.8 Å². The molecule has 1 unspecified atom stereocenters. The Hall–Kier alpha value is -3.78. The number of nitrogens with one attached hydrogen (secondary N) is 1. The highest BCUT2D eigenvalue weighted by atomic mass is 32.1. The minimum Gasteiger partial charge on any atom is -0.427 e. The van der Waals surface area contributed by atoms with Crippen LogP contribution in [0.4, 0.5) is 21.8 Å². The first-order valence-corrected chi connectivity index (χ1v) is 12.7. The van der Waals surface area contributed by atoms with Crippen molar-refractivity contribution >= 4 is 34.8 Å². The summed E-state index contributed by atoms with van der Waals surface area (Å²) in [6, 6.07) is 16.0. The second kappa shape index (κ2) is 11.3. The number of thiophene rings is 1. The Morgan fingerprint density at radius 2 is 1.83 bits per heavy atom. The Kier molecular flexibility index (Phi) is 7.95. The third kappa shape index (κ3) is 6.07. The van der Waals surface area contributed by atoms with Gasteiger partial charge in [0.25, 0.3) is 0 Å². The van der Waals surface area contributed by atoms with E-state index in [1.54, 1.807) is 23.5 Å². The molecule has 2 aromatic carbocycles. The Morgan fingerprint density at radius 1 is 1.11 bits per heavy atom. The molecule has 3 heterocycles. The Bertz CT molecular complexity index is 1310. The summed E-state index contributed by atoms with van der Waals surface area (Å²) < 4.78 is 18.5. The molecule has 0 amide bonds. The smallest absolute Gasteiger partial charge is 0.308 e. The molecule has 0 bridgehead atoms. The van der Waals surface area contributed by atoms with Crippen LogP contribution in [0.15, 0.2) is 65.4 Å². The lowest BCUT2D eigenvalue weighted by atomic mass is 9.93. The second-order valence-corrected chi connectivity index (χ2v) is 9.40. The standard InChI is InChI=1S/C24H25FN4O2.C4H4S/c1-14-15(2)26-24(27-20-8-6-19(25)7-9-20)28-23(14)29-12-11-18-5-10-21(31-17(4)30)13-22(18)16(29)3;1-2-4-5-3-1/h5-10,13,16H,11-12H2,1-4H3,(H,26,27,28);1-4H. The summed E-state index contributed by atoms with van der Waals surface area (Å²) in [5.41, 5.74) is 4.97. The van der Waals surface area contributed by atoms with Gasteiger partial charge in [-0.3, -0.25) is 4.79 Å². The largest absolute Gasteiger partial charge is 0.427 e. The number of anilines is 3. The van der Waals surface area contributed by atoms with Crippen molar-refractivity contribution in [2.45, 2.75) is 40.2 Å². The Labute approximate surface area is 214 Å². The first kappa shape index (κ1) is 25.3. The number of rotatable bonds is 4. The molecule has 0 fully saturated rings. The van der Waals surface area contributed by atoms with Crippen molar-refractivity contribution in [3.05, 3.63) is 93.6 Å². The van der Waals surface area contributed by atoms with Gasteiger partial charge in [-0.1, -0.05) is 18.2 Å². The number of carbonyl (C=O) groups excluding carboxylic acids is 1. The van der Waals surface area contributed by atoms with Crippen LogP contribution < -0.4 is 15.0 Å². The lowest BCUT2D eigenvalue weighted by molar-refractivity contribution is -0.131. The number of nitrogens with zero attached hydrogens (tertiary/aromatic N) is 3. The molecule has 6 nitrogen and oxygen atoms in total. The van der Waals surface area contributed by atoms with Gasteiger partial charge in [0, 0.05) is 30.4 Å². The van der Waals surface area contributed by atoms with Gasteiger partial charge in [0.15, 0.2) is 0 Å². The highest BCUT2D eigenvalue weighted by Crippen LogP contribution is 2.37. The van der Waals surface area contributed by atoms with Crippen molar-refractivity contribution in [3.8, 4) is 5.75 Å². The molecule has 1 aliphatic rings. The normalized spacial score (nSPS) is 14.4. The topological polar surface area (TPSA) is 67.3 Å². The molecule has 4 aromatic rings. The van der Waals surface area contributed by atoms with Crippen LogP contribution in [-0.4, -0.2) is 22.5 Å². The number of carbonyl (C=O) groups is 1. The van der Waals surface area contributed by atoms with E-state index in [1.165, 1.54) is 24.6 Å². The van der Waals surface area contributed by atoms with E-state index in [0.29, 0.717) is 11.7 Å². The number of hydrogen-bond acceptors (Lipinski definition) is 7. The lowest BCUT2D eigenvalue weighted by Gasteiger charge is -2.37. The maximum atomic E-state index is 13.2. The van der Waals surface area contributed by atoms with E-state index in [2.05, 4.69) is 22.1 Å². The number of ether oxygens (including phenoxy) is 1. The van der Waals surface area contributed by atoms with Gasteiger partial charge in [-0.2, -0.15) is 16.3 Å². The molecule has 0 radical (unpaired) electrons. The fourth-order valence-corrected chi connectivity index (χ4v) is 4.60. The van der Waals surface area contributed by atoms with Crippen molar-refractivity contribution in [2.24, 2.45) is 0 Å². The minimum absolute atomic E-state index is 0.0472. The van der Waals surface area contributed by atoms with Crippen molar-refractivity contribution < 1.29 is 13.9 Å². The molecule has 36 heavy (non-hydrogen) atoms. The quantitative estimate of drug-likeness (QED) is 0.244. The van der Waals surface area contributed by atoms with Gasteiger partial charge in [-0.05, 0) is 85.5 Å². The van der Waals surface area contributed by atoms with Gasteiger partial charge in [-0.25, -0.2) is 9.37 Å². The van der Waals surface area contributed by atoms with Crippen LogP contribution in [0.2, 0.25) is 0 Å². The summed E-state index contributed by atoms with van der Waals surface area (Å²) in [5.74, 6) is 1.25. The number of halogens is 1. The minimum atomic E-state index is -0.334. The molecule has 0 spiro atoms. The SMILES string of the molecule is CC(=O)Oc1ccc2c(c1)C(C)N(c1nc(Nc3ccc(F)cc3)nc(C)c1C)CC2.c1ccsc1. The molecule has 1 atom stereocenters. The van der Waals surface area contributed by atoms with Crippen LogP contribution in [0.5, 0.6) is 5.75 Å². The molecule has 1 N–H and O–H groups in total. The van der Waals surface area contributed by atoms with Gasteiger partial charge in [0.1, 0.15) is 17.4 Å². The molecule has 0 saturated heterocycles. The van der Waals surface area contributed by atoms with E-state index < -0.39 is 0 Å². The molecule has 8 heteroatoms. The maximum Gasteiger partial charge on any atom is 0.308 e. The lowest BCUT2D eigenvalue weighted by Crippen LogP contribution is -2.35. The van der Waals surface area contributed by atoms with E-state index in [0.717, 1.165) is 41.3 Å². The van der Waals surface area contributed by atoms with E-state index >= 15 is 0 Å². The zero-order valence-electron chi connectivity index (χ0n) is 20.8. The fourth-order valence-electron chi connectivity index (χ4n) is 4.15. The average molecular weight is 505 g/mol. The molecule has 2 aromatic heterocycles. The highest BCUT2D eigenvalue weighted by Gasteiger charge is 2.27. The van der Waals surface area contributed by atoms with Gasteiger partial charge >= 0.3 is 5.97 Å². The summed E-state index contributed by atoms with van der Waals surface area (Å²) in [5, 5.41) is 7.25. The Morgan fingerprint density at radius 3 is 2.47 bits per heavy atom. The van der Waals surface area contributed by atoms with Gasteiger partial charge in [0.2, 0.25) is 5.95 Å². The average Bonchev–Trinajstić information content (AvgIpc) is 3.44. The monoisotopic (exact) mass is 504 g/mol. The maximum absolute atomic E-state index is 13.2. The van der Waals surface area contributed by atoms with Crippen LogP contribution in [0.25, 0.3) is 0 Å². The van der Waals surface area contributed by atoms with Crippen LogP contribution >= 0.6 is 11.3 Å². The van der Waals surface area contributed by atoms with E-state index in [9.17, 15) is 9.18 Å². The van der Waals surface area contributed by atoms with E-state index in [1.807, 2.05) is 54.9 Å². The third-order valence-corrected chi connectivity index (χ3v) is 6.71. The number of fused-ring (bicyclic) bond motifs is 1. The van der Waals surface area contributed by atoms with Gasteiger partial charge in [0.05, 0.1) is 6.04 Å². The number of esters is 1. The number of aryl methyl sites for hydroxylation is 1. The second-order valence-electron chi connectivity index (χ2n) is 8.58.